The minimum Gasteiger partial charge on any atom is -0.264 e. The van der Waals surface area contributed by atoms with Crippen molar-refractivity contribution in [3.63, 3.8) is 0 Å². The molecule has 0 aliphatic carbocycles. The Hall–Kier alpha value is -1.64. The van der Waals surface area contributed by atoms with Crippen molar-refractivity contribution in [1.29, 1.82) is 0 Å². The summed E-state index contributed by atoms with van der Waals surface area (Å²) < 4.78 is 0. The fourth-order valence-corrected chi connectivity index (χ4v) is 1.14. The molecule has 0 unspecified atom stereocenters. The summed E-state index contributed by atoms with van der Waals surface area (Å²) >= 11 is 0. The molecule has 0 radical (unpaired) electrons. The summed E-state index contributed by atoms with van der Waals surface area (Å²) in [6.45, 7) is 0. The van der Waals surface area contributed by atoms with Gasteiger partial charge in [-0.1, -0.05) is 6.07 Å². The Labute approximate surface area is 70.5 Å². The molecular weight excluding hydrogens is 150 g/mol. The van der Waals surface area contributed by atoms with Gasteiger partial charge in [0.2, 0.25) is 0 Å². The van der Waals surface area contributed by atoms with E-state index in [0.29, 0.717) is 0 Å². The first-order chi connectivity index (χ1) is 5.95. The molecule has 2 aromatic rings. The number of rotatable bonds is 2. The van der Waals surface area contributed by atoms with Gasteiger partial charge in [-0.15, -0.1) is 5.10 Å². The average Bonchev–Trinajstić information content (AvgIpc) is 2.59. The predicted octanol–water partition coefficient (Wildman–Crippen LogP) is 0.815. The maximum Gasteiger partial charge on any atom is 0.193 e. The molecule has 0 atom stereocenters. The lowest BCUT2D eigenvalue weighted by Gasteiger charge is -1.93. The van der Waals surface area contributed by atoms with Gasteiger partial charge in [0.15, 0.2) is 6.20 Å². The van der Waals surface area contributed by atoms with Gasteiger partial charge in [-0.05, 0) is 11.6 Å². The molecule has 0 aliphatic rings. The van der Waals surface area contributed by atoms with Gasteiger partial charge in [-0.2, -0.15) is 5.10 Å². The van der Waals surface area contributed by atoms with E-state index < -0.39 is 0 Å². The van der Waals surface area contributed by atoms with Crippen LogP contribution in [0.4, 0.5) is 0 Å². The molecule has 0 aromatic carbocycles. The molecule has 0 fully saturated rings. The molecule has 0 saturated carbocycles. The van der Waals surface area contributed by atoms with Crippen molar-refractivity contribution in [2.24, 2.45) is 0 Å². The average molecular weight is 160 g/mol. The second-order valence-corrected chi connectivity index (χ2v) is 2.67. The number of nitrogens with zero attached hydrogens (tertiary/aromatic N) is 1. The fraction of sp³-hybridized carbons (Fsp3) is 0.111. The van der Waals surface area contributed by atoms with Crippen molar-refractivity contribution in [3.8, 4) is 0 Å². The Morgan fingerprint density at radius 1 is 1.42 bits per heavy atom. The Morgan fingerprint density at radius 3 is 3.08 bits per heavy atom. The molecule has 0 bridgehead atoms. The molecule has 2 rings (SSSR count). The number of aromatic amines is 2. The second-order valence-electron chi connectivity index (χ2n) is 2.67. The second kappa shape index (κ2) is 3.17. The van der Waals surface area contributed by atoms with Gasteiger partial charge in [-0.3, -0.25) is 4.98 Å². The Balaban J connectivity index is 2.15. The van der Waals surface area contributed by atoms with E-state index in [1.54, 1.807) is 6.20 Å². The Kier molecular flexibility index (Phi) is 1.86. The molecule has 60 valence electrons. The third-order valence-corrected chi connectivity index (χ3v) is 1.72. The van der Waals surface area contributed by atoms with Crippen LogP contribution in [0.25, 0.3) is 0 Å². The maximum absolute atomic E-state index is 4.04. The summed E-state index contributed by atoms with van der Waals surface area (Å²) in [5.74, 6) is 0. The van der Waals surface area contributed by atoms with Crippen LogP contribution >= 0.6 is 0 Å². The van der Waals surface area contributed by atoms with E-state index in [1.165, 1.54) is 11.3 Å². The van der Waals surface area contributed by atoms with Crippen molar-refractivity contribution >= 4 is 0 Å². The van der Waals surface area contributed by atoms with E-state index in [0.717, 1.165) is 6.42 Å². The summed E-state index contributed by atoms with van der Waals surface area (Å²) in [6, 6.07) is 6.03. The first-order valence-electron chi connectivity index (χ1n) is 3.88. The Bertz CT molecular complexity index is 326. The zero-order valence-corrected chi connectivity index (χ0v) is 6.62. The molecule has 3 heteroatoms. The van der Waals surface area contributed by atoms with Gasteiger partial charge in [0, 0.05) is 24.9 Å². The van der Waals surface area contributed by atoms with Crippen LogP contribution in [0.2, 0.25) is 0 Å². The monoisotopic (exact) mass is 160 g/mol. The van der Waals surface area contributed by atoms with Crippen molar-refractivity contribution in [2.45, 2.75) is 6.42 Å². The first kappa shape index (κ1) is 7.03. The van der Waals surface area contributed by atoms with E-state index in [2.05, 4.69) is 21.2 Å². The van der Waals surface area contributed by atoms with Crippen LogP contribution in [0.3, 0.4) is 0 Å². The minimum atomic E-state index is 0.900. The SMILES string of the molecule is c1cncc(Cc2cc[nH+][nH]2)c1. The summed E-state index contributed by atoms with van der Waals surface area (Å²) in [5.41, 5.74) is 2.39. The lowest BCUT2D eigenvalue weighted by molar-refractivity contribution is -0.449. The number of pyridine rings is 1. The largest absolute Gasteiger partial charge is 0.264 e. The van der Waals surface area contributed by atoms with Crippen LogP contribution in [0.1, 0.15) is 11.3 Å². The van der Waals surface area contributed by atoms with Crippen molar-refractivity contribution in [3.05, 3.63) is 48.0 Å². The highest BCUT2D eigenvalue weighted by Crippen LogP contribution is 2.02. The third-order valence-electron chi connectivity index (χ3n) is 1.72. The molecule has 0 amide bonds. The fourth-order valence-electron chi connectivity index (χ4n) is 1.14. The molecular formula is C9H10N3+. The highest BCUT2D eigenvalue weighted by Gasteiger charge is 1.98. The lowest BCUT2D eigenvalue weighted by atomic mass is 10.2. The van der Waals surface area contributed by atoms with Crippen LogP contribution < -0.4 is 5.10 Å². The molecule has 12 heavy (non-hydrogen) atoms. The normalized spacial score (nSPS) is 10.0. The number of hydrogen-bond acceptors (Lipinski definition) is 1. The van der Waals surface area contributed by atoms with E-state index >= 15 is 0 Å². The molecule has 2 N–H and O–H groups in total. The molecule has 2 heterocycles. The van der Waals surface area contributed by atoms with E-state index in [-0.39, 0.29) is 0 Å². The van der Waals surface area contributed by atoms with Gasteiger partial charge < -0.3 is 0 Å². The third kappa shape index (κ3) is 1.50. The molecule has 3 nitrogen and oxygen atoms in total. The van der Waals surface area contributed by atoms with Crippen LogP contribution in [0.15, 0.2) is 36.8 Å². The highest BCUT2D eigenvalue weighted by atomic mass is 15.1. The topological polar surface area (TPSA) is 42.8 Å². The predicted molar refractivity (Wildman–Crippen MR) is 44.4 cm³/mol. The minimum absolute atomic E-state index is 0.900. The molecule has 0 saturated heterocycles. The van der Waals surface area contributed by atoms with Gasteiger partial charge in [0.25, 0.3) is 0 Å². The summed E-state index contributed by atoms with van der Waals surface area (Å²) in [7, 11) is 0. The zero-order chi connectivity index (χ0) is 8.23. The van der Waals surface area contributed by atoms with Crippen LogP contribution in [-0.2, 0) is 6.42 Å². The maximum atomic E-state index is 4.04. The first-order valence-corrected chi connectivity index (χ1v) is 3.88. The van der Waals surface area contributed by atoms with Crippen LogP contribution in [0.5, 0.6) is 0 Å². The number of hydrogen-bond donors (Lipinski definition) is 1. The molecule has 2 aromatic heterocycles. The molecule has 0 aliphatic heterocycles. The van der Waals surface area contributed by atoms with Gasteiger partial charge in [0.1, 0.15) is 0 Å². The summed E-state index contributed by atoms with van der Waals surface area (Å²) in [6.07, 6.45) is 6.44. The summed E-state index contributed by atoms with van der Waals surface area (Å²) in [5, 5.41) is 5.94. The van der Waals surface area contributed by atoms with Crippen molar-refractivity contribution in [1.82, 2.24) is 10.1 Å². The lowest BCUT2D eigenvalue weighted by Crippen LogP contribution is -2.00. The Morgan fingerprint density at radius 2 is 2.42 bits per heavy atom. The van der Waals surface area contributed by atoms with Crippen molar-refractivity contribution in [2.75, 3.05) is 0 Å². The van der Waals surface area contributed by atoms with E-state index in [9.17, 15) is 0 Å². The van der Waals surface area contributed by atoms with Crippen LogP contribution in [-0.4, -0.2) is 10.1 Å². The number of H-pyrrole nitrogens is 2. The van der Waals surface area contributed by atoms with E-state index in [4.69, 9.17) is 0 Å². The highest BCUT2D eigenvalue weighted by molar-refractivity contribution is 5.15. The number of nitrogens with one attached hydrogen (secondary N) is 2. The van der Waals surface area contributed by atoms with Gasteiger partial charge >= 0.3 is 0 Å². The van der Waals surface area contributed by atoms with Gasteiger partial charge in [-0.25, -0.2) is 0 Å². The zero-order valence-electron chi connectivity index (χ0n) is 6.62. The van der Waals surface area contributed by atoms with E-state index in [1.807, 2.05) is 24.5 Å². The smallest absolute Gasteiger partial charge is 0.193 e. The number of aromatic nitrogens is 3. The quantitative estimate of drug-likeness (QED) is 0.694. The van der Waals surface area contributed by atoms with Crippen LogP contribution in [0, 0.1) is 0 Å². The standard InChI is InChI=1S/C9H9N3/c1-2-8(7-10-4-1)6-9-3-5-11-12-9/h1-5,7H,6H2,(H,11,12)/p+1. The van der Waals surface area contributed by atoms with Crippen molar-refractivity contribution < 1.29 is 5.10 Å². The summed E-state index contributed by atoms with van der Waals surface area (Å²) in [4.78, 5) is 4.04. The molecule has 0 spiro atoms. The van der Waals surface area contributed by atoms with Gasteiger partial charge in [0.05, 0.1) is 5.69 Å².